The summed E-state index contributed by atoms with van der Waals surface area (Å²) < 4.78 is 4.69. The molecule has 2 aromatic heterocycles. The molecule has 0 aliphatic carbocycles. The fourth-order valence-corrected chi connectivity index (χ4v) is 5.24. The zero-order chi connectivity index (χ0) is 24.5. The number of piperidine rings is 1. The lowest BCUT2D eigenvalue weighted by atomic mass is 9.90. The number of rotatable bonds is 6. The molecule has 3 heterocycles. The third-order valence-electron chi connectivity index (χ3n) is 7.46. The normalized spacial score (nSPS) is 15.2. The van der Waals surface area contributed by atoms with Crippen LogP contribution in [0.25, 0.3) is 11.2 Å². The lowest BCUT2D eigenvalue weighted by Gasteiger charge is -2.32. The molecule has 35 heavy (non-hydrogen) atoms. The number of imidazole rings is 1. The van der Waals surface area contributed by atoms with E-state index in [-0.39, 0.29) is 11.2 Å². The Kier molecular flexibility index (Phi) is 6.43. The van der Waals surface area contributed by atoms with Crippen molar-refractivity contribution in [2.75, 3.05) is 13.1 Å². The molecule has 0 radical (unpaired) electrons. The summed E-state index contributed by atoms with van der Waals surface area (Å²) in [5.74, 6) is 1.52. The van der Waals surface area contributed by atoms with Crippen molar-refractivity contribution in [3.8, 4) is 0 Å². The Morgan fingerprint density at radius 2 is 1.57 bits per heavy atom. The molecule has 7 nitrogen and oxygen atoms in total. The molecule has 2 aromatic carbocycles. The quantitative estimate of drug-likeness (QED) is 0.433. The second kappa shape index (κ2) is 9.66. The second-order valence-electron chi connectivity index (χ2n) is 9.83. The van der Waals surface area contributed by atoms with Gasteiger partial charge in [0.05, 0.1) is 6.54 Å². The summed E-state index contributed by atoms with van der Waals surface area (Å²) in [7, 11) is 3.22. The number of aryl methyl sites for hydroxylation is 2. The fourth-order valence-electron chi connectivity index (χ4n) is 5.24. The fraction of sp³-hybridized carbons (Fsp3) is 0.393. The summed E-state index contributed by atoms with van der Waals surface area (Å²) in [5, 5.41) is 0. The van der Waals surface area contributed by atoms with E-state index >= 15 is 0 Å². The van der Waals surface area contributed by atoms with E-state index in [1.54, 1.807) is 7.05 Å². The Labute approximate surface area is 205 Å². The Balaban J connectivity index is 1.44. The van der Waals surface area contributed by atoms with Crippen LogP contribution >= 0.6 is 0 Å². The topological polar surface area (TPSA) is 65.1 Å². The molecule has 0 spiro atoms. The highest BCUT2D eigenvalue weighted by Gasteiger charge is 2.24. The number of hydrogen-bond acceptors (Lipinski definition) is 4. The smallest absolute Gasteiger partial charge is 0.317 e. The zero-order valence-corrected chi connectivity index (χ0v) is 20.8. The summed E-state index contributed by atoms with van der Waals surface area (Å²) in [6, 6.07) is 18.9. The number of benzene rings is 2. The molecule has 1 aliphatic heterocycles. The first-order valence-corrected chi connectivity index (χ1v) is 12.4. The number of fused-ring (bicyclic) bond motifs is 1. The van der Waals surface area contributed by atoms with Gasteiger partial charge < -0.3 is 4.57 Å². The minimum absolute atomic E-state index is 0.294. The van der Waals surface area contributed by atoms with E-state index in [0.717, 1.165) is 43.7 Å². The van der Waals surface area contributed by atoms with Crippen LogP contribution in [0, 0.1) is 12.8 Å². The number of nitrogens with zero attached hydrogens (tertiary/aromatic N) is 5. The molecular formula is C28H33N5O2. The van der Waals surface area contributed by atoms with E-state index in [1.165, 1.54) is 27.3 Å². The lowest BCUT2D eigenvalue weighted by molar-refractivity contribution is 0.172. The van der Waals surface area contributed by atoms with Crippen LogP contribution in [0.2, 0.25) is 0 Å². The molecule has 0 N–H and O–H groups in total. The highest BCUT2D eigenvalue weighted by molar-refractivity contribution is 5.71. The van der Waals surface area contributed by atoms with Gasteiger partial charge in [-0.1, -0.05) is 54.6 Å². The van der Waals surface area contributed by atoms with Gasteiger partial charge >= 0.3 is 5.69 Å². The van der Waals surface area contributed by atoms with Crippen LogP contribution in [0.1, 0.15) is 35.4 Å². The van der Waals surface area contributed by atoms with Gasteiger partial charge in [0.1, 0.15) is 5.82 Å². The average Bonchev–Trinajstić information content (AvgIpc) is 3.22. The molecule has 0 bridgehead atoms. The number of likely N-dealkylation sites (tertiary alicyclic amines) is 1. The predicted octanol–water partition coefficient (Wildman–Crippen LogP) is 3.25. The molecule has 1 saturated heterocycles. The maximum absolute atomic E-state index is 13.2. The predicted molar refractivity (Wildman–Crippen MR) is 139 cm³/mol. The molecule has 7 heteroatoms. The van der Waals surface area contributed by atoms with Crippen molar-refractivity contribution < 1.29 is 0 Å². The van der Waals surface area contributed by atoms with Crippen molar-refractivity contribution in [3.63, 3.8) is 0 Å². The van der Waals surface area contributed by atoms with Gasteiger partial charge in [0, 0.05) is 20.6 Å². The summed E-state index contributed by atoms with van der Waals surface area (Å²) in [4.78, 5) is 33.1. The van der Waals surface area contributed by atoms with Crippen LogP contribution in [-0.4, -0.2) is 36.7 Å². The van der Waals surface area contributed by atoms with Gasteiger partial charge in [-0.15, -0.1) is 0 Å². The Morgan fingerprint density at radius 3 is 2.29 bits per heavy atom. The molecular weight excluding hydrogens is 438 g/mol. The number of hydrogen-bond donors (Lipinski definition) is 0. The van der Waals surface area contributed by atoms with Gasteiger partial charge in [-0.05, 0) is 61.9 Å². The van der Waals surface area contributed by atoms with Crippen LogP contribution in [0.4, 0.5) is 0 Å². The van der Waals surface area contributed by atoms with E-state index in [4.69, 9.17) is 4.98 Å². The minimum atomic E-state index is -0.351. The van der Waals surface area contributed by atoms with Gasteiger partial charge in [0.2, 0.25) is 0 Å². The van der Waals surface area contributed by atoms with E-state index < -0.39 is 0 Å². The monoisotopic (exact) mass is 471 g/mol. The Morgan fingerprint density at radius 1 is 0.886 bits per heavy atom. The van der Waals surface area contributed by atoms with E-state index in [9.17, 15) is 9.59 Å². The third-order valence-corrected chi connectivity index (χ3v) is 7.46. The minimum Gasteiger partial charge on any atom is -0.317 e. The van der Waals surface area contributed by atoms with Gasteiger partial charge in [-0.25, -0.2) is 9.78 Å². The number of aromatic nitrogens is 4. The molecule has 4 aromatic rings. The van der Waals surface area contributed by atoms with Crippen molar-refractivity contribution in [2.24, 2.45) is 20.0 Å². The zero-order valence-electron chi connectivity index (χ0n) is 20.8. The average molecular weight is 472 g/mol. The SMILES string of the molecule is Cc1ccccc1Cn1c(CN2CCC(Cc3ccccc3)CC2)nc2c1c(=O)n(C)c(=O)n2C. The molecule has 0 amide bonds. The standard InChI is InChI=1S/C28H33N5O2/c1-20-9-7-8-12-23(20)18-33-24(29-26-25(33)27(34)31(3)28(35)30(26)2)19-32-15-13-22(14-16-32)17-21-10-5-4-6-11-21/h4-12,22H,13-19H2,1-3H3. The van der Waals surface area contributed by atoms with Crippen LogP contribution in [0.3, 0.4) is 0 Å². The molecule has 5 rings (SSSR count). The summed E-state index contributed by atoms with van der Waals surface area (Å²) in [6.45, 7) is 5.30. The molecule has 0 saturated carbocycles. The second-order valence-corrected chi connectivity index (χ2v) is 9.83. The third kappa shape index (κ3) is 4.60. The maximum atomic E-state index is 13.2. The largest absolute Gasteiger partial charge is 0.332 e. The lowest BCUT2D eigenvalue weighted by Crippen LogP contribution is -2.37. The first kappa shape index (κ1) is 23.3. The molecule has 1 aliphatic rings. The van der Waals surface area contributed by atoms with Crippen LogP contribution in [-0.2, 0) is 33.6 Å². The van der Waals surface area contributed by atoms with Gasteiger partial charge in [-0.3, -0.25) is 18.8 Å². The van der Waals surface area contributed by atoms with Crippen molar-refractivity contribution >= 4 is 11.2 Å². The molecule has 0 unspecified atom stereocenters. The van der Waals surface area contributed by atoms with Crippen LogP contribution < -0.4 is 11.2 Å². The van der Waals surface area contributed by atoms with Crippen molar-refractivity contribution in [1.29, 1.82) is 0 Å². The van der Waals surface area contributed by atoms with Crippen molar-refractivity contribution in [2.45, 2.75) is 39.3 Å². The highest BCUT2D eigenvalue weighted by Crippen LogP contribution is 2.24. The summed E-state index contributed by atoms with van der Waals surface area (Å²) in [5.41, 5.74) is 4.03. The van der Waals surface area contributed by atoms with E-state index in [2.05, 4.69) is 54.3 Å². The molecule has 182 valence electrons. The molecule has 0 atom stereocenters. The first-order valence-electron chi connectivity index (χ1n) is 12.4. The van der Waals surface area contributed by atoms with Gasteiger partial charge in [-0.2, -0.15) is 0 Å². The van der Waals surface area contributed by atoms with Gasteiger partial charge in [0.25, 0.3) is 5.56 Å². The van der Waals surface area contributed by atoms with Crippen LogP contribution in [0.15, 0.2) is 64.2 Å². The summed E-state index contributed by atoms with van der Waals surface area (Å²) in [6.07, 6.45) is 3.42. The van der Waals surface area contributed by atoms with E-state index in [1.807, 2.05) is 16.7 Å². The van der Waals surface area contributed by atoms with Crippen LogP contribution in [0.5, 0.6) is 0 Å². The molecule has 1 fully saturated rings. The van der Waals surface area contributed by atoms with Crippen molar-refractivity contribution in [1.82, 2.24) is 23.6 Å². The van der Waals surface area contributed by atoms with Crippen molar-refractivity contribution in [3.05, 3.63) is 98.0 Å². The Hall–Kier alpha value is -3.45. The highest BCUT2D eigenvalue weighted by atomic mass is 16.2. The maximum Gasteiger partial charge on any atom is 0.332 e. The van der Waals surface area contributed by atoms with E-state index in [0.29, 0.717) is 30.2 Å². The van der Waals surface area contributed by atoms with Gasteiger partial charge in [0.15, 0.2) is 11.2 Å². The Bertz CT molecular complexity index is 1460. The first-order chi connectivity index (χ1) is 16.9. The summed E-state index contributed by atoms with van der Waals surface area (Å²) >= 11 is 0.